The van der Waals surface area contributed by atoms with Gasteiger partial charge in [0, 0.05) is 6.07 Å². The van der Waals surface area contributed by atoms with Gasteiger partial charge in [-0.1, -0.05) is 6.07 Å². The SMILES string of the molecule is CCOc1cccc(OCCC2CNC2)c1. The average Bonchev–Trinajstić information content (AvgIpc) is 2.23. The highest BCUT2D eigenvalue weighted by atomic mass is 16.5. The molecule has 2 rings (SSSR count). The van der Waals surface area contributed by atoms with Gasteiger partial charge in [0.05, 0.1) is 13.2 Å². The summed E-state index contributed by atoms with van der Waals surface area (Å²) < 4.78 is 11.1. The lowest BCUT2D eigenvalue weighted by Crippen LogP contribution is -2.42. The molecule has 0 bridgehead atoms. The summed E-state index contributed by atoms with van der Waals surface area (Å²) in [5.74, 6) is 2.58. The van der Waals surface area contributed by atoms with Crippen LogP contribution in [-0.2, 0) is 0 Å². The molecule has 1 aromatic carbocycles. The predicted octanol–water partition coefficient (Wildman–Crippen LogP) is 2.07. The molecule has 0 atom stereocenters. The van der Waals surface area contributed by atoms with Crippen LogP contribution >= 0.6 is 0 Å². The molecule has 3 nitrogen and oxygen atoms in total. The summed E-state index contributed by atoms with van der Waals surface area (Å²) in [4.78, 5) is 0. The summed E-state index contributed by atoms with van der Waals surface area (Å²) in [5.41, 5.74) is 0. The molecule has 0 aromatic heterocycles. The lowest BCUT2D eigenvalue weighted by Gasteiger charge is -2.26. The third-order valence-electron chi connectivity index (χ3n) is 2.78. The van der Waals surface area contributed by atoms with E-state index >= 15 is 0 Å². The van der Waals surface area contributed by atoms with Gasteiger partial charge in [-0.3, -0.25) is 0 Å². The van der Waals surface area contributed by atoms with Crippen molar-refractivity contribution >= 4 is 0 Å². The van der Waals surface area contributed by atoms with E-state index in [4.69, 9.17) is 9.47 Å². The average molecular weight is 221 g/mol. The van der Waals surface area contributed by atoms with E-state index in [1.165, 1.54) is 0 Å². The number of benzene rings is 1. The molecule has 1 saturated heterocycles. The van der Waals surface area contributed by atoms with Gasteiger partial charge >= 0.3 is 0 Å². The van der Waals surface area contributed by atoms with Gasteiger partial charge in [-0.05, 0) is 44.5 Å². The van der Waals surface area contributed by atoms with E-state index in [0.717, 1.165) is 43.5 Å². The second-order valence-electron chi connectivity index (χ2n) is 4.07. The van der Waals surface area contributed by atoms with E-state index in [-0.39, 0.29) is 0 Å². The first-order valence-electron chi connectivity index (χ1n) is 5.95. The lowest BCUT2D eigenvalue weighted by atomic mass is 10.0. The van der Waals surface area contributed by atoms with Crippen LogP contribution in [0.4, 0.5) is 0 Å². The highest BCUT2D eigenvalue weighted by Crippen LogP contribution is 2.20. The lowest BCUT2D eigenvalue weighted by molar-refractivity contribution is 0.237. The zero-order valence-electron chi connectivity index (χ0n) is 9.74. The van der Waals surface area contributed by atoms with Crippen LogP contribution < -0.4 is 14.8 Å². The third-order valence-corrected chi connectivity index (χ3v) is 2.78. The maximum Gasteiger partial charge on any atom is 0.122 e. The van der Waals surface area contributed by atoms with Gasteiger partial charge in [0.2, 0.25) is 0 Å². The van der Waals surface area contributed by atoms with Crippen LogP contribution in [0.3, 0.4) is 0 Å². The summed E-state index contributed by atoms with van der Waals surface area (Å²) in [6.07, 6.45) is 1.13. The molecule has 16 heavy (non-hydrogen) atoms. The Morgan fingerprint density at radius 3 is 2.62 bits per heavy atom. The van der Waals surface area contributed by atoms with Crippen molar-refractivity contribution in [3.8, 4) is 11.5 Å². The number of ether oxygens (including phenoxy) is 2. The summed E-state index contributed by atoms with van der Waals surface area (Å²) >= 11 is 0. The van der Waals surface area contributed by atoms with Crippen LogP contribution in [0.1, 0.15) is 13.3 Å². The highest BCUT2D eigenvalue weighted by Gasteiger charge is 2.15. The Hall–Kier alpha value is -1.22. The number of nitrogens with one attached hydrogen (secondary N) is 1. The van der Waals surface area contributed by atoms with E-state index < -0.39 is 0 Å². The molecule has 0 aliphatic carbocycles. The van der Waals surface area contributed by atoms with Crippen molar-refractivity contribution < 1.29 is 9.47 Å². The number of hydrogen-bond donors (Lipinski definition) is 1. The number of hydrogen-bond acceptors (Lipinski definition) is 3. The Labute approximate surface area is 96.8 Å². The van der Waals surface area contributed by atoms with E-state index in [1.54, 1.807) is 0 Å². The van der Waals surface area contributed by atoms with Crippen molar-refractivity contribution in [2.45, 2.75) is 13.3 Å². The monoisotopic (exact) mass is 221 g/mol. The Morgan fingerprint density at radius 1 is 1.25 bits per heavy atom. The molecule has 3 heteroatoms. The topological polar surface area (TPSA) is 30.5 Å². The van der Waals surface area contributed by atoms with Crippen molar-refractivity contribution in [2.24, 2.45) is 5.92 Å². The minimum absolute atomic E-state index is 0.692. The maximum absolute atomic E-state index is 5.69. The van der Waals surface area contributed by atoms with Gasteiger partial charge in [-0.25, -0.2) is 0 Å². The summed E-state index contributed by atoms with van der Waals surface area (Å²) in [5, 5.41) is 3.26. The van der Waals surface area contributed by atoms with Crippen molar-refractivity contribution in [3.63, 3.8) is 0 Å². The van der Waals surface area contributed by atoms with Crippen LogP contribution in [0.5, 0.6) is 11.5 Å². The zero-order chi connectivity index (χ0) is 11.2. The van der Waals surface area contributed by atoms with Crippen LogP contribution in [0.15, 0.2) is 24.3 Å². The van der Waals surface area contributed by atoms with Crippen LogP contribution in [0, 0.1) is 5.92 Å². The molecule has 88 valence electrons. The van der Waals surface area contributed by atoms with E-state index in [2.05, 4.69) is 5.32 Å². The van der Waals surface area contributed by atoms with E-state index in [1.807, 2.05) is 31.2 Å². The molecule has 0 unspecified atom stereocenters. The fourth-order valence-corrected chi connectivity index (χ4v) is 1.72. The molecule has 1 aliphatic rings. The molecule has 0 radical (unpaired) electrons. The molecule has 1 aliphatic heterocycles. The van der Waals surface area contributed by atoms with Gasteiger partial charge in [0.25, 0.3) is 0 Å². The summed E-state index contributed by atoms with van der Waals surface area (Å²) in [7, 11) is 0. The molecule has 0 spiro atoms. The third kappa shape index (κ3) is 3.14. The first-order chi connectivity index (χ1) is 7.88. The largest absolute Gasteiger partial charge is 0.494 e. The zero-order valence-corrected chi connectivity index (χ0v) is 9.74. The summed E-state index contributed by atoms with van der Waals surface area (Å²) in [6, 6.07) is 7.83. The fourth-order valence-electron chi connectivity index (χ4n) is 1.72. The van der Waals surface area contributed by atoms with Gasteiger partial charge in [-0.15, -0.1) is 0 Å². The Balaban J connectivity index is 1.76. The van der Waals surface area contributed by atoms with E-state index in [9.17, 15) is 0 Å². The van der Waals surface area contributed by atoms with Crippen molar-refractivity contribution in [1.82, 2.24) is 5.32 Å². The molecule has 1 N–H and O–H groups in total. The van der Waals surface area contributed by atoms with Gasteiger partial charge in [-0.2, -0.15) is 0 Å². The molecule has 1 fully saturated rings. The molecule has 0 amide bonds. The predicted molar refractivity (Wildman–Crippen MR) is 64.1 cm³/mol. The number of rotatable bonds is 6. The molecule has 0 saturated carbocycles. The Morgan fingerprint density at radius 2 is 2.00 bits per heavy atom. The van der Waals surface area contributed by atoms with Crippen molar-refractivity contribution in [2.75, 3.05) is 26.3 Å². The molecule has 1 heterocycles. The Bertz CT molecular complexity index is 323. The first-order valence-corrected chi connectivity index (χ1v) is 5.95. The normalized spacial score (nSPS) is 15.6. The van der Waals surface area contributed by atoms with Gasteiger partial charge in [0.1, 0.15) is 11.5 Å². The van der Waals surface area contributed by atoms with Gasteiger partial charge < -0.3 is 14.8 Å². The highest BCUT2D eigenvalue weighted by molar-refractivity contribution is 5.32. The quantitative estimate of drug-likeness (QED) is 0.797. The Kier molecular flexibility index (Phi) is 4.05. The van der Waals surface area contributed by atoms with Crippen LogP contribution in [-0.4, -0.2) is 26.3 Å². The molecular weight excluding hydrogens is 202 g/mol. The second kappa shape index (κ2) is 5.75. The summed E-state index contributed by atoms with van der Waals surface area (Å²) in [6.45, 7) is 5.75. The maximum atomic E-state index is 5.69. The van der Waals surface area contributed by atoms with E-state index in [0.29, 0.717) is 6.61 Å². The minimum Gasteiger partial charge on any atom is -0.494 e. The second-order valence-corrected chi connectivity index (χ2v) is 4.07. The standard InChI is InChI=1S/C13H19NO2/c1-2-15-12-4-3-5-13(8-12)16-7-6-11-9-14-10-11/h3-5,8,11,14H,2,6-7,9-10H2,1H3. The van der Waals surface area contributed by atoms with Gasteiger partial charge in [0.15, 0.2) is 0 Å². The minimum atomic E-state index is 0.692. The molecule has 1 aromatic rings. The van der Waals surface area contributed by atoms with Crippen LogP contribution in [0.2, 0.25) is 0 Å². The van der Waals surface area contributed by atoms with Crippen molar-refractivity contribution in [3.05, 3.63) is 24.3 Å². The smallest absolute Gasteiger partial charge is 0.122 e. The molecular formula is C13H19NO2. The fraction of sp³-hybridized carbons (Fsp3) is 0.538. The van der Waals surface area contributed by atoms with Crippen molar-refractivity contribution in [1.29, 1.82) is 0 Å². The van der Waals surface area contributed by atoms with Crippen LogP contribution in [0.25, 0.3) is 0 Å². The first kappa shape index (κ1) is 11.3.